The summed E-state index contributed by atoms with van der Waals surface area (Å²) in [6, 6.07) is 13.3. The van der Waals surface area contributed by atoms with Crippen LogP contribution in [0.15, 0.2) is 52.0 Å². The summed E-state index contributed by atoms with van der Waals surface area (Å²) < 4.78 is 11.8. The lowest BCUT2D eigenvalue weighted by Crippen LogP contribution is -2.03. The van der Waals surface area contributed by atoms with Crippen LogP contribution < -0.4 is 0 Å². The first kappa shape index (κ1) is 15.3. The number of ether oxygens (including phenoxy) is 1. The largest absolute Gasteiger partial charge is 0.463 e. The first-order valence-electron chi connectivity index (χ1n) is 6.86. The van der Waals surface area contributed by atoms with Crippen LogP contribution in [0.4, 0.5) is 0 Å². The minimum atomic E-state index is -0.491. The zero-order valence-electron chi connectivity index (χ0n) is 12.4. The van der Waals surface area contributed by atoms with Crippen molar-refractivity contribution in [3.63, 3.8) is 0 Å². The summed E-state index contributed by atoms with van der Waals surface area (Å²) in [4.78, 5) is 11.4. The Hall–Kier alpha value is -2.61. The molecule has 2 aromatic heterocycles. The van der Waals surface area contributed by atoms with Crippen LogP contribution in [0.2, 0.25) is 0 Å². The van der Waals surface area contributed by atoms with E-state index in [-0.39, 0.29) is 5.76 Å². The van der Waals surface area contributed by atoms with Crippen LogP contribution in [0.3, 0.4) is 0 Å². The molecule has 0 aliphatic carbocycles. The second-order valence-electron chi connectivity index (χ2n) is 4.65. The monoisotopic (exact) mass is 330 g/mol. The molecule has 0 N–H and O–H groups in total. The molecule has 1 aromatic carbocycles. The molecule has 118 valence electrons. The van der Waals surface area contributed by atoms with Crippen LogP contribution in [0.5, 0.6) is 0 Å². The maximum absolute atomic E-state index is 11.4. The molecule has 0 aliphatic rings. The quantitative estimate of drug-likeness (QED) is 0.507. The lowest BCUT2D eigenvalue weighted by molar-refractivity contribution is 0.0563. The Morgan fingerprint density at radius 1 is 1.26 bits per heavy atom. The Bertz CT molecular complexity index is 785. The van der Waals surface area contributed by atoms with E-state index in [2.05, 4.69) is 20.3 Å². The van der Waals surface area contributed by atoms with E-state index < -0.39 is 5.97 Å². The van der Waals surface area contributed by atoms with Gasteiger partial charge in [0.1, 0.15) is 5.76 Å². The standard InChI is InChI=1S/C15H14N4O3S/c1-21-14(20)13-8-7-12(22-13)10-23-15-16-17-18-19(15)9-11-5-3-2-4-6-11/h2-8H,9-10H2,1H3. The number of carbonyl (C=O) groups excluding carboxylic acids is 1. The summed E-state index contributed by atoms with van der Waals surface area (Å²) in [6.07, 6.45) is 0. The van der Waals surface area contributed by atoms with E-state index >= 15 is 0 Å². The van der Waals surface area contributed by atoms with E-state index in [1.807, 2.05) is 30.3 Å². The highest BCUT2D eigenvalue weighted by atomic mass is 32.2. The van der Waals surface area contributed by atoms with Crippen LogP contribution in [-0.4, -0.2) is 33.3 Å². The molecule has 3 rings (SSSR count). The zero-order valence-corrected chi connectivity index (χ0v) is 13.2. The molecule has 0 saturated heterocycles. The van der Waals surface area contributed by atoms with Gasteiger partial charge >= 0.3 is 5.97 Å². The summed E-state index contributed by atoms with van der Waals surface area (Å²) >= 11 is 1.44. The molecule has 0 spiro atoms. The van der Waals surface area contributed by atoms with E-state index in [1.165, 1.54) is 18.9 Å². The van der Waals surface area contributed by atoms with Gasteiger partial charge in [-0.2, -0.15) is 0 Å². The molecule has 8 heteroatoms. The molecule has 0 bridgehead atoms. The highest BCUT2D eigenvalue weighted by Gasteiger charge is 2.13. The molecule has 0 aliphatic heterocycles. The molecule has 0 atom stereocenters. The van der Waals surface area contributed by atoms with Gasteiger partial charge in [0.25, 0.3) is 0 Å². The molecule has 0 unspecified atom stereocenters. The molecular weight excluding hydrogens is 316 g/mol. The van der Waals surface area contributed by atoms with E-state index in [0.717, 1.165) is 5.56 Å². The second kappa shape index (κ2) is 7.10. The first-order chi connectivity index (χ1) is 11.3. The van der Waals surface area contributed by atoms with Crippen molar-refractivity contribution in [2.75, 3.05) is 7.11 Å². The van der Waals surface area contributed by atoms with Crippen LogP contribution in [0, 0.1) is 0 Å². The number of nitrogens with zero attached hydrogens (tertiary/aromatic N) is 4. The fourth-order valence-corrected chi connectivity index (χ4v) is 2.73. The smallest absolute Gasteiger partial charge is 0.373 e. The normalized spacial score (nSPS) is 10.7. The number of methoxy groups -OCH3 is 1. The van der Waals surface area contributed by atoms with Gasteiger partial charge in [-0.15, -0.1) is 5.10 Å². The highest BCUT2D eigenvalue weighted by Crippen LogP contribution is 2.22. The number of hydrogen-bond acceptors (Lipinski definition) is 7. The Balaban J connectivity index is 1.64. The number of aromatic nitrogens is 4. The molecule has 7 nitrogen and oxygen atoms in total. The van der Waals surface area contributed by atoms with E-state index in [9.17, 15) is 4.79 Å². The van der Waals surface area contributed by atoms with Gasteiger partial charge < -0.3 is 9.15 Å². The Morgan fingerprint density at radius 2 is 2.09 bits per heavy atom. The van der Waals surface area contributed by atoms with Crippen molar-refractivity contribution in [1.29, 1.82) is 0 Å². The Morgan fingerprint density at radius 3 is 2.87 bits per heavy atom. The van der Waals surface area contributed by atoms with Crippen LogP contribution in [0.1, 0.15) is 21.9 Å². The van der Waals surface area contributed by atoms with Gasteiger partial charge in [0, 0.05) is 0 Å². The molecule has 0 radical (unpaired) electrons. The first-order valence-corrected chi connectivity index (χ1v) is 7.85. The van der Waals surface area contributed by atoms with Crippen molar-refractivity contribution >= 4 is 17.7 Å². The fraction of sp³-hybridized carbons (Fsp3) is 0.200. The minimum Gasteiger partial charge on any atom is -0.463 e. The van der Waals surface area contributed by atoms with Crippen LogP contribution in [0.25, 0.3) is 0 Å². The van der Waals surface area contributed by atoms with Gasteiger partial charge in [-0.25, -0.2) is 9.48 Å². The number of thioether (sulfide) groups is 1. The Kier molecular flexibility index (Phi) is 4.72. The van der Waals surface area contributed by atoms with Crippen LogP contribution in [-0.2, 0) is 17.0 Å². The third kappa shape index (κ3) is 3.78. The van der Waals surface area contributed by atoms with Gasteiger partial charge in [-0.3, -0.25) is 0 Å². The molecule has 23 heavy (non-hydrogen) atoms. The number of esters is 1. The number of hydrogen-bond donors (Lipinski definition) is 0. The van der Waals surface area contributed by atoms with Crippen molar-refractivity contribution in [2.45, 2.75) is 17.5 Å². The van der Waals surface area contributed by atoms with E-state index in [4.69, 9.17) is 4.42 Å². The summed E-state index contributed by atoms with van der Waals surface area (Å²) in [6.45, 7) is 0.599. The van der Waals surface area contributed by atoms with E-state index in [1.54, 1.807) is 16.8 Å². The molecular formula is C15H14N4O3S. The van der Waals surface area contributed by atoms with Crippen molar-refractivity contribution in [3.05, 3.63) is 59.5 Å². The number of tetrazole rings is 1. The number of carbonyl (C=O) groups is 1. The summed E-state index contributed by atoms with van der Waals surface area (Å²) in [7, 11) is 1.32. The van der Waals surface area contributed by atoms with Gasteiger partial charge in [-0.05, 0) is 28.1 Å². The summed E-state index contributed by atoms with van der Waals surface area (Å²) in [5.41, 5.74) is 1.12. The van der Waals surface area contributed by atoms with Crippen molar-refractivity contribution in [1.82, 2.24) is 20.2 Å². The molecule has 0 fully saturated rings. The maximum atomic E-state index is 11.4. The van der Waals surface area contributed by atoms with Crippen molar-refractivity contribution in [2.24, 2.45) is 0 Å². The topological polar surface area (TPSA) is 83.0 Å². The third-order valence-corrected chi connectivity index (χ3v) is 4.05. The summed E-state index contributed by atoms with van der Waals surface area (Å²) in [5.74, 6) is 0.874. The molecule has 0 amide bonds. The number of furan rings is 1. The predicted molar refractivity (Wildman–Crippen MR) is 83.0 cm³/mol. The van der Waals surface area contributed by atoms with Gasteiger partial charge in [-0.1, -0.05) is 42.1 Å². The Labute approximate surface area is 136 Å². The SMILES string of the molecule is COC(=O)c1ccc(CSc2nnnn2Cc2ccccc2)o1. The van der Waals surface area contributed by atoms with Gasteiger partial charge in [0.05, 0.1) is 19.4 Å². The zero-order chi connectivity index (χ0) is 16.1. The third-order valence-electron chi connectivity index (χ3n) is 3.07. The molecule has 3 aromatic rings. The van der Waals surface area contributed by atoms with Crippen molar-refractivity contribution in [3.8, 4) is 0 Å². The predicted octanol–water partition coefficient (Wildman–Crippen LogP) is 2.39. The maximum Gasteiger partial charge on any atom is 0.373 e. The van der Waals surface area contributed by atoms with Crippen molar-refractivity contribution < 1.29 is 13.9 Å². The lowest BCUT2D eigenvalue weighted by Gasteiger charge is -2.03. The average Bonchev–Trinajstić information content (AvgIpc) is 3.22. The van der Waals surface area contributed by atoms with E-state index in [0.29, 0.717) is 23.2 Å². The minimum absolute atomic E-state index is 0.187. The number of rotatable bonds is 6. The van der Waals surface area contributed by atoms with Gasteiger partial charge in [0.15, 0.2) is 0 Å². The van der Waals surface area contributed by atoms with Crippen LogP contribution >= 0.6 is 11.8 Å². The lowest BCUT2D eigenvalue weighted by atomic mass is 10.2. The van der Waals surface area contributed by atoms with Gasteiger partial charge in [0.2, 0.25) is 10.9 Å². The molecule has 2 heterocycles. The highest BCUT2D eigenvalue weighted by molar-refractivity contribution is 7.98. The fourth-order valence-electron chi connectivity index (χ4n) is 1.96. The average molecular weight is 330 g/mol. The number of benzene rings is 1. The molecule has 0 saturated carbocycles. The second-order valence-corrected chi connectivity index (χ2v) is 5.59. The summed E-state index contributed by atoms with van der Waals surface area (Å²) in [5, 5.41) is 12.4.